The third-order valence-corrected chi connectivity index (χ3v) is 4.16. The van der Waals surface area contributed by atoms with Crippen LogP contribution in [0.4, 0.5) is 4.39 Å². The summed E-state index contributed by atoms with van der Waals surface area (Å²) < 4.78 is 14.0. The largest absolute Gasteiger partial charge is 0.326 e. The van der Waals surface area contributed by atoms with Crippen molar-refractivity contribution in [1.29, 1.82) is 0 Å². The van der Waals surface area contributed by atoms with Crippen LogP contribution in [0, 0.1) is 11.7 Å². The van der Waals surface area contributed by atoms with E-state index in [2.05, 4.69) is 18.7 Å². The van der Waals surface area contributed by atoms with Crippen molar-refractivity contribution in [3.05, 3.63) is 35.1 Å². The second-order valence-corrected chi connectivity index (χ2v) is 6.39. The van der Waals surface area contributed by atoms with E-state index in [-0.39, 0.29) is 5.82 Å². The zero-order chi connectivity index (χ0) is 14.5. The molecule has 2 rings (SSSR count). The summed E-state index contributed by atoms with van der Waals surface area (Å²) in [5.74, 6) is 0.505. The highest BCUT2D eigenvalue weighted by atomic mass is 19.1. The number of benzene rings is 1. The topological polar surface area (TPSA) is 29.3 Å². The Bertz CT molecular complexity index is 425. The van der Waals surface area contributed by atoms with Crippen molar-refractivity contribution in [3.63, 3.8) is 0 Å². The summed E-state index contributed by atoms with van der Waals surface area (Å²) in [5.41, 5.74) is 7.47. The molecule has 0 atom stereocenters. The number of hydrogen-bond acceptors (Lipinski definition) is 2. The average Bonchev–Trinajstić information content (AvgIpc) is 2.94. The Kier molecular flexibility index (Phi) is 5.55. The van der Waals surface area contributed by atoms with E-state index in [9.17, 15) is 4.39 Å². The fourth-order valence-electron chi connectivity index (χ4n) is 3.18. The SMILES string of the molecule is CC(C)CN(Cc1cc(CN)ccc1F)C1CCCC1. The molecule has 1 aliphatic rings. The highest BCUT2D eigenvalue weighted by Crippen LogP contribution is 2.26. The Hall–Kier alpha value is -0.930. The summed E-state index contributed by atoms with van der Waals surface area (Å²) in [6.45, 7) is 6.68. The van der Waals surface area contributed by atoms with Crippen LogP contribution >= 0.6 is 0 Å². The van der Waals surface area contributed by atoms with Crippen molar-refractivity contribution >= 4 is 0 Å². The first-order chi connectivity index (χ1) is 9.60. The van der Waals surface area contributed by atoms with Gasteiger partial charge in [-0.1, -0.05) is 38.8 Å². The number of nitrogens with two attached hydrogens (primary N) is 1. The monoisotopic (exact) mass is 278 g/mol. The first-order valence-corrected chi connectivity index (χ1v) is 7.81. The lowest BCUT2D eigenvalue weighted by molar-refractivity contribution is 0.166. The molecule has 0 unspecified atom stereocenters. The highest BCUT2D eigenvalue weighted by molar-refractivity contribution is 5.25. The Labute approximate surface area is 122 Å². The maximum atomic E-state index is 14.0. The maximum Gasteiger partial charge on any atom is 0.127 e. The third-order valence-electron chi connectivity index (χ3n) is 4.16. The zero-order valence-electron chi connectivity index (χ0n) is 12.7. The van der Waals surface area contributed by atoms with Gasteiger partial charge in [-0.2, -0.15) is 0 Å². The molecule has 1 saturated carbocycles. The summed E-state index contributed by atoms with van der Waals surface area (Å²) in [4.78, 5) is 2.47. The molecule has 1 aromatic rings. The average molecular weight is 278 g/mol. The minimum Gasteiger partial charge on any atom is -0.326 e. The number of halogens is 1. The molecule has 3 heteroatoms. The Morgan fingerprint density at radius 2 is 2.00 bits per heavy atom. The molecule has 0 bridgehead atoms. The van der Waals surface area contributed by atoms with Crippen LogP contribution in [0.1, 0.15) is 50.7 Å². The van der Waals surface area contributed by atoms with E-state index in [1.165, 1.54) is 25.7 Å². The van der Waals surface area contributed by atoms with Crippen molar-refractivity contribution in [2.75, 3.05) is 6.54 Å². The molecular weight excluding hydrogens is 251 g/mol. The van der Waals surface area contributed by atoms with E-state index in [0.29, 0.717) is 25.0 Å². The molecule has 0 amide bonds. The summed E-state index contributed by atoms with van der Waals surface area (Å²) in [7, 11) is 0. The van der Waals surface area contributed by atoms with Gasteiger partial charge in [-0.05, 0) is 30.4 Å². The van der Waals surface area contributed by atoms with Crippen LogP contribution in [-0.2, 0) is 13.1 Å². The van der Waals surface area contributed by atoms with E-state index in [1.807, 2.05) is 6.07 Å². The molecule has 0 saturated heterocycles. The van der Waals surface area contributed by atoms with E-state index in [0.717, 1.165) is 17.7 Å². The molecular formula is C17H27FN2. The quantitative estimate of drug-likeness (QED) is 0.860. The normalized spacial score (nSPS) is 16.5. The fourth-order valence-corrected chi connectivity index (χ4v) is 3.18. The standard InChI is InChI=1S/C17H27FN2/c1-13(2)11-20(16-5-3-4-6-16)12-15-9-14(10-19)7-8-17(15)18/h7-9,13,16H,3-6,10-12,19H2,1-2H3. The number of nitrogens with zero attached hydrogens (tertiary/aromatic N) is 1. The maximum absolute atomic E-state index is 14.0. The Morgan fingerprint density at radius 3 is 2.60 bits per heavy atom. The van der Waals surface area contributed by atoms with Gasteiger partial charge in [0.25, 0.3) is 0 Å². The van der Waals surface area contributed by atoms with Crippen LogP contribution < -0.4 is 5.73 Å². The van der Waals surface area contributed by atoms with Crippen molar-refractivity contribution in [2.45, 2.75) is 58.7 Å². The summed E-state index contributed by atoms with van der Waals surface area (Å²) in [5, 5.41) is 0. The Balaban J connectivity index is 2.13. The van der Waals surface area contributed by atoms with Crippen LogP contribution in [0.3, 0.4) is 0 Å². The molecule has 0 aliphatic heterocycles. The van der Waals surface area contributed by atoms with Crippen LogP contribution in [0.25, 0.3) is 0 Å². The number of hydrogen-bond donors (Lipinski definition) is 1. The molecule has 0 radical (unpaired) electrons. The van der Waals surface area contributed by atoms with Gasteiger partial charge in [0.15, 0.2) is 0 Å². The first-order valence-electron chi connectivity index (χ1n) is 7.81. The lowest BCUT2D eigenvalue weighted by atomic mass is 10.1. The molecule has 112 valence electrons. The zero-order valence-corrected chi connectivity index (χ0v) is 12.7. The van der Waals surface area contributed by atoms with Gasteiger partial charge < -0.3 is 5.73 Å². The summed E-state index contributed by atoms with van der Waals surface area (Å²) >= 11 is 0. The van der Waals surface area contributed by atoms with E-state index < -0.39 is 0 Å². The second-order valence-electron chi connectivity index (χ2n) is 6.39. The fraction of sp³-hybridized carbons (Fsp3) is 0.647. The molecule has 0 spiro atoms. The summed E-state index contributed by atoms with van der Waals surface area (Å²) in [6, 6.07) is 5.89. The van der Waals surface area contributed by atoms with Gasteiger partial charge in [0.05, 0.1) is 0 Å². The van der Waals surface area contributed by atoms with Gasteiger partial charge in [0.1, 0.15) is 5.82 Å². The molecule has 1 aliphatic carbocycles. The second kappa shape index (κ2) is 7.19. The minimum absolute atomic E-state index is 0.103. The lowest BCUT2D eigenvalue weighted by Gasteiger charge is -2.30. The molecule has 1 fully saturated rings. The molecule has 20 heavy (non-hydrogen) atoms. The third kappa shape index (κ3) is 4.03. The van der Waals surface area contributed by atoms with Crippen molar-refractivity contribution in [3.8, 4) is 0 Å². The minimum atomic E-state index is -0.103. The highest BCUT2D eigenvalue weighted by Gasteiger charge is 2.24. The van der Waals surface area contributed by atoms with E-state index in [1.54, 1.807) is 12.1 Å². The van der Waals surface area contributed by atoms with Crippen LogP contribution in [-0.4, -0.2) is 17.5 Å². The molecule has 0 aromatic heterocycles. The predicted octanol–water partition coefficient (Wildman–Crippen LogP) is 3.69. The molecule has 2 nitrogen and oxygen atoms in total. The van der Waals surface area contributed by atoms with Gasteiger partial charge in [0.2, 0.25) is 0 Å². The Morgan fingerprint density at radius 1 is 1.30 bits per heavy atom. The van der Waals surface area contributed by atoms with Crippen molar-refractivity contribution < 1.29 is 4.39 Å². The van der Waals surface area contributed by atoms with Gasteiger partial charge in [-0.3, -0.25) is 4.90 Å². The smallest absolute Gasteiger partial charge is 0.127 e. The lowest BCUT2D eigenvalue weighted by Crippen LogP contribution is -2.36. The predicted molar refractivity (Wildman–Crippen MR) is 81.8 cm³/mol. The van der Waals surface area contributed by atoms with Crippen LogP contribution in [0.15, 0.2) is 18.2 Å². The van der Waals surface area contributed by atoms with Gasteiger partial charge in [0, 0.05) is 31.2 Å². The van der Waals surface area contributed by atoms with Crippen molar-refractivity contribution in [1.82, 2.24) is 4.90 Å². The molecule has 2 N–H and O–H groups in total. The van der Waals surface area contributed by atoms with Gasteiger partial charge in [-0.15, -0.1) is 0 Å². The van der Waals surface area contributed by atoms with Crippen LogP contribution in [0.2, 0.25) is 0 Å². The van der Waals surface area contributed by atoms with E-state index in [4.69, 9.17) is 5.73 Å². The molecule has 0 heterocycles. The first kappa shape index (κ1) is 15.5. The van der Waals surface area contributed by atoms with Gasteiger partial charge >= 0.3 is 0 Å². The number of rotatable bonds is 6. The van der Waals surface area contributed by atoms with E-state index >= 15 is 0 Å². The molecule has 1 aromatic carbocycles. The van der Waals surface area contributed by atoms with Crippen molar-refractivity contribution in [2.24, 2.45) is 11.7 Å². The van der Waals surface area contributed by atoms with Crippen LogP contribution in [0.5, 0.6) is 0 Å². The summed E-state index contributed by atoms with van der Waals surface area (Å²) in [6.07, 6.45) is 5.13. The van der Waals surface area contributed by atoms with Gasteiger partial charge in [-0.25, -0.2) is 4.39 Å².